The van der Waals surface area contributed by atoms with Gasteiger partial charge < -0.3 is 15.1 Å². The van der Waals surface area contributed by atoms with Crippen LogP contribution >= 0.6 is 24.0 Å². The Morgan fingerprint density at radius 1 is 0.963 bits per heavy atom. The lowest BCUT2D eigenvalue weighted by molar-refractivity contribution is -0.132. The number of piperazine rings is 1. The van der Waals surface area contributed by atoms with E-state index in [1.807, 2.05) is 7.05 Å². The summed E-state index contributed by atoms with van der Waals surface area (Å²) in [4.78, 5) is 23.7. The second-order valence-electron chi connectivity index (χ2n) is 8.12. The third-order valence-corrected chi connectivity index (χ3v) is 5.97. The van der Waals surface area contributed by atoms with Gasteiger partial charge in [0.1, 0.15) is 0 Å². The fourth-order valence-electron chi connectivity index (χ4n) is 4.06. The molecule has 0 bridgehead atoms. The number of hydrogen-bond acceptors (Lipinski definition) is 3. The predicted octanol–water partition coefficient (Wildman–Crippen LogP) is 2.39. The molecule has 1 N–H and O–H groups in total. The van der Waals surface area contributed by atoms with E-state index in [-0.39, 0.29) is 24.0 Å². The van der Waals surface area contributed by atoms with Gasteiger partial charge in [0.2, 0.25) is 5.91 Å². The lowest BCUT2D eigenvalue weighted by Gasteiger charge is -2.37. The monoisotopic (exact) mass is 491 g/mol. The molecule has 3 fully saturated rings. The quantitative estimate of drug-likeness (QED) is 0.269. The molecule has 0 spiro atoms. The molecular formula is C20H38IN5O. The van der Waals surface area contributed by atoms with Crippen molar-refractivity contribution >= 4 is 35.8 Å². The third kappa shape index (κ3) is 7.75. The normalized spacial score (nSPS) is 22.2. The number of halogens is 1. The van der Waals surface area contributed by atoms with Gasteiger partial charge in [0.15, 0.2) is 5.96 Å². The van der Waals surface area contributed by atoms with E-state index in [0.29, 0.717) is 12.5 Å². The Hall–Kier alpha value is -0.570. The summed E-state index contributed by atoms with van der Waals surface area (Å²) in [5.74, 6) is 2.35. The van der Waals surface area contributed by atoms with Crippen LogP contribution in [0.3, 0.4) is 0 Å². The predicted molar refractivity (Wildman–Crippen MR) is 122 cm³/mol. The largest absolute Gasteiger partial charge is 0.356 e. The van der Waals surface area contributed by atoms with Crippen molar-refractivity contribution in [2.75, 3.05) is 59.4 Å². The molecule has 1 amide bonds. The first kappa shape index (κ1) is 22.7. The molecule has 0 aromatic heterocycles. The van der Waals surface area contributed by atoms with Gasteiger partial charge in [-0.25, -0.2) is 0 Å². The Bertz CT molecular complexity index is 467. The first-order valence-electron chi connectivity index (χ1n) is 10.7. The average Bonchev–Trinajstić information content (AvgIpc) is 3.49. The molecule has 2 heterocycles. The maximum absolute atomic E-state index is 12.6. The molecular weight excluding hydrogens is 453 g/mol. The van der Waals surface area contributed by atoms with Gasteiger partial charge in [-0.15, -0.1) is 24.0 Å². The number of hydrogen-bond donors (Lipinski definition) is 1. The van der Waals surface area contributed by atoms with Crippen molar-refractivity contribution in [2.45, 2.75) is 51.4 Å². The molecule has 27 heavy (non-hydrogen) atoms. The molecule has 0 atom stereocenters. The molecule has 2 aliphatic heterocycles. The SMILES string of the molecule is CN=C(NCCCC1CC1)N1CCN(CC(=O)N2CCCCCC2)CC1.I. The van der Waals surface area contributed by atoms with Crippen LogP contribution in [-0.2, 0) is 4.79 Å². The highest BCUT2D eigenvalue weighted by Gasteiger charge is 2.24. The van der Waals surface area contributed by atoms with Gasteiger partial charge in [-0.2, -0.15) is 0 Å². The van der Waals surface area contributed by atoms with Crippen LogP contribution < -0.4 is 5.32 Å². The number of nitrogens with one attached hydrogen (secondary N) is 1. The average molecular weight is 491 g/mol. The van der Waals surface area contributed by atoms with Crippen molar-refractivity contribution in [1.82, 2.24) is 20.0 Å². The number of nitrogens with zero attached hydrogens (tertiary/aromatic N) is 4. The fourth-order valence-corrected chi connectivity index (χ4v) is 4.06. The van der Waals surface area contributed by atoms with Gasteiger partial charge in [0, 0.05) is 52.9 Å². The Morgan fingerprint density at radius 2 is 1.63 bits per heavy atom. The molecule has 0 radical (unpaired) electrons. The fraction of sp³-hybridized carbons (Fsp3) is 0.900. The molecule has 1 saturated carbocycles. The minimum atomic E-state index is 0. The van der Waals surface area contributed by atoms with Crippen molar-refractivity contribution in [3.8, 4) is 0 Å². The number of rotatable bonds is 6. The van der Waals surface area contributed by atoms with Crippen LogP contribution in [0.5, 0.6) is 0 Å². The van der Waals surface area contributed by atoms with E-state index in [0.717, 1.165) is 57.7 Å². The Kier molecular flexibility index (Phi) is 10.2. The summed E-state index contributed by atoms with van der Waals surface area (Å²) in [5.41, 5.74) is 0. The molecule has 6 nitrogen and oxygen atoms in total. The lowest BCUT2D eigenvalue weighted by atomic mass is 10.2. The second-order valence-corrected chi connectivity index (χ2v) is 8.12. The number of aliphatic imine (C=N–C) groups is 1. The molecule has 0 aromatic rings. The Labute approximate surface area is 182 Å². The standard InChI is InChI=1S/C20H37N5O.HI/c1-21-20(22-10-6-7-18-8-9-18)25-15-13-23(14-16-25)17-19(26)24-11-4-2-3-5-12-24;/h18H,2-17H2,1H3,(H,21,22);1H. The highest BCUT2D eigenvalue weighted by Crippen LogP contribution is 2.33. The topological polar surface area (TPSA) is 51.2 Å². The Morgan fingerprint density at radius 3 is 2.22 bits per heavy atom. The minimum Gasteiger partial charge on any atom is -0.356 e. The molecule has 7 heteroatoms. The molecule has 1 aliphatic carbocycles. The molecule has 0 aromatic carbocycles. The van der Waals surface area contributed by atoms with E-state index in [2.05, 4.69) is 25.0 Å². The van der Waals surface area contributed by atoms with E-state index in [1.165, 1.54) is 51.4 Å². The van der Waals surface area contributed by atoms with Gasteiger partial charge in [0.25, 0.3) is 0 Å². The van der Waals surface area contributed by atoms with Crippen LogP contribution in [0.15, 0.2) is 4.99 Å². The lowest BCUT2D eigenvalue weighted by Crippen LogP contribution is -2.54. The van der Waals surface area contributed by atoms with Crippen LogP contribution in [0.1, 0.15) is 51.4 Å². The van der Waals surface area contributed by atoms with E-state index in [4.69, 9.17) is 0 Å². The van der Waals surface area contributed by atoms with E-state index < -0.39 is 0 Å². The maximum Gasteiger partial charge on any atom is 0.236 e. The summed E-state index contributed by atoms with van der Waals surface area (Å²) < 4.78 is 0. The second kappa shape index (κ2) is 12.1. The van der Waals surface area contributed by atoms with Crippen molar-refractivity contribution in [1.29, 1.82) is 0 Å². The van der Waals surface area contributed by atoms with Gasteiger partial charge in [-0.1, -0.05) is 25.7 Å². The first-order valence-corrected chi connectivity index (χ1v) is 10.7. The summed E-state index contributed by atoms with van der Waals surface area (Å²) in [6.45, 7) is 7.32. The van der Waals surface area contributed by atoms with Crippen LogP contribution in [0, 0.1) is 5.92 Å². The first-order chi connectivity index (χ1) is 12.8. The summed E-state index contributed by atoms with van der Waals surface area (Å²) in [5, 5.41) is 3.52. The van der Waals surface area contributed by atoms with Crippen LogP contribution in [0.4, 0.5) is 0 Å². The van der Waals surface area contributed by atoms with Crippen LogP contribution in [0.25, 0.3) is 0 Å². The van der Waals surface area contributed by atoms with Gasteiger partial charge in [0.05, 0.1) is 6.54 Å². The van der Waals surface area contributed by atoms with Gasteiger partial charge in [-0.3, -0.25) is 14.7 Å². The smallest absolute Gasteiger partial charge is 0.236 e. The number of guanidine groups is 1. The number of likely N-dealkylation sites (tertiary alicyclic amines) is 1. The summed E-state index contributed by atoms with van der Waals surface area (Å²) in [7, 11) is 1.87. The molecule has 3 rings (SSSR count). The van der Waals surface area contributed by atoms with E-state index in [9.17, 15) is 4.79 Å². The number of carbonyl (C=O) groups excluding carboxylic acids is 1. The molecule has 3 aliphatic rings. The van der Waals surface area contributed by atoms with Gasteiger partial charge in [-0.05, 0) is 31.6 Å². The molecule has 2 saturated heterocycles. The highest BCUT2D eigenvalue weighted by molar-refractivity contribution is 14.0. The van der Waals surface area contributed by atoms with Crippen LogP contribution in [-0.4, -0.2) is 86.0 Å². The van der Waals surface area contributed by atoms with Gasteiger partial charge >= 0.3 is 0 Å². The maximum atomic E-state index is 12.6. The van der Waals surface area contributed by atoms with Crippen molar-refractivity contribution in [2.24, 2.45) is 10.9 Å². The van der Waals surface area contributed by atoms with Crippen molar-refractivity contribution in [3.05, 3.63) is 0 Å². The number of amides is 1. The van der Waals surface area contributed by atoms with Crippen molar-refractivity contribution in [3.63, 3.8) is 0 Å². The van der Waals surface area contributed by atoms with Crippen LogP contribution in [0.2, 0.25) is 0 Å². The van der Waals surface area contributed by atoms with E-state index in [1.54, 1.807) is 0 Å². The highest BCUT2D eigenvalue weighted by atomic mass is 127. The Balaban J connectivity index is 0.00000261. The zero-order chi connectivity index (χ0) is 18.2. The summed E-state index contributed by atoms with van der Waals surface area (Å²) in [6.07, 6.45) is 10.4. The molecule has 0 unspecified atom stereocenters. The zero-order valence-electron chi connectivity index (χ0n) is 17.0. The summed E-state index contributed by atoms with van der Waals surface area (Å²) >= 11 is 0. The minimum absolute atomic E-state index is 0. The van der Waals surface area contributed by atoms with Crippen molar-refractivity contribution < 1.29 is 4.79 Å². The van der Waals surface area contributed by atoms with E-state index >= 15 is 0 Å². The third-order valence-electron chi connectivity index (χ3n) is 5.97. The zero-order valence-corrected chi connectivity index (χ0v) is 19.3. The number of carbonyl (C=O) groups is 1. The summed E-state index contributed by atoms with van der Waals surface area (Å²) in [6, 6.07) is 0. The molecule has 156 valence electrons.